The SMILES string of the molecule is COc1ccc(F)c(C(O)C(O)C(N)=O)c1. The predicted molar refractivity (Wildman–Crippen MR) is 53.1 cm³/mol. The molecule has 1 rings (SSSR count). The predicted octanol–water partition coefficient (Wildman–Crippen LogP) is -0.286. The van der Waals surface area contributed by atoms with E-state index in [1.807, 2.05) is 0 Å². The van der Waals surface area contributed by atoms with Crippen molar-refractivity contribution in [2.75, 3.05) is 7.11 Å². The molecule has 0 aliphatic carbocycles. The van der Waals surface area contributed by atoms with Gasteiger partial charge in [-0.1, -0.05) is 0 Å². The number of hydrogen-bond acceptors (Lipinski definition) is 4. The van der Waals surface area contributed by atoms with Crippen LogP contribution in [0.15, 0.2) is 18.2 Å². The molecule has 5 nitrogen and oxygen atoms in total. The second kappa shape index (κ2) is 4.91. The summed E-state index contributed by atoms with van der Waals surface area (Å²) in [6, 6.07) is 3.60. The smallest absolute Gasteiger partial charge is 0.249 e. The molecule has 0 heterocycles. The van der Waals surface area contributed by atoms with Gasteiger partial charge in [0.05, 0.1) is 7.11 Å². The normalized spacial score (nSPS) is 14.2. The Morgan fingerprint density at radius 3 is 2.62 bits per heavy atom. The molecule has 0 bridgehead atoms. The summed E-state index contributed by atoms with van der Waals surface area (Å²) >= 11 is 0. The summed E-state index contributed by atoms with van der Waals surface area (Å²) in [6.45, 7) is 0. The van der Waals surface area contributed by atoms with Gasteiger partial charge in [0.1, 0.15) is 17.7 Å². The van der Waals surface area contributed by atoms with E-state index in [-0.39, 0.29) is 5.56 Å². The average molecular weight is 229 g/mol. The first-order valence-electron chi connectivity index (χ1n) is 4.46. The number of ether oxygens (including phenoxy) is 1. The topological polar surface area (TPSA) is 92.8 Å². The van der Waals surface area contributed by atoms with Gasteiger partial charge in [-0.05, 0) is 18.2 Å². The van der Waals surface area contributed by atoms with E-state index in [1.165, 1.54) is 19.2 Å². The highest BCUT2D eigenvalue weighted by Crippen LogP contribution is 2.24. The Morgan fingerprint density at radius 2 is 2.12 bits per heavy atom. The van der Waals surface area contributed by atoms with Crippen LogP contribution in [0.1, 0.15) is 11.7 Å². The summed E-state index contributed by atoms with van der Waals surface area (Å²) in [7, 11) is 1.37. The highest BCUT2D eigenvalue weighted by atomic mass is 19.1. The summed E-state index contributed by atoms with van der Waals surface area (Å²) in [4.78, 5) is 10.6. The third kappa shape index (κ3) is 2.47. The molecule has 2 unspecified atom stereocenters. The number of aliphatic hydroxyl groups is 2. The third-order valence-corrected chi connectivity index (χ3v) is 2.11. The van der Waals surface area contributed by atoms with Crippen molar-refractivity contribution in [2.45, 2.75) is 12.2 Å². The molecule has 16 heavy (non-hydrogen) atoms. The molecule has 6 heteroatoms. The van der Waals surface area contributed by atoms with E-state index in [1.54, 1.807) is 0 Å². The van der Waals surface area contributed by atoms with Crippen LogP contribution in [0.4, 0.5) is 4.39 Å². The number of hydrogen-bond donors (Lipinski definition) is 3. The Labute approximate surface area is 91.3 Å². The Bertz CT molecular complexity index is 396. The summed E-state index contributed by atoms with van der Waals surface area (Å²) < 4.78 is 18.1. The van der Waals surface area contributed by atoms with Crippen molar-refractivity contribution in [3.05, 3.63) is 29.6 Å². The van der Waals surface area contributed by atoms with Gasteiger partial charge in [-0.3, -0.25) is 4.79 Å². The van der Waals surface area contributed by atoms with E-state index in [2.05, 4.69) is 0 Å². The lowest BCUT2D eigenvalue weighted by atomic mass is 10.0. The zero-order valence-electron chi connectivity index (χ0n) is 8.55. The number of primary amides is 1. The van der Waals surface area contributed by atoms with Gasteiger partial charge < -0.3 is 20.7 Å². The van der Waals surface area contributed by atoms with E-state index in [4.69, 9.17) is 10.5 Å². The molecule has 0 saturated carbocycles. The Morgan fingerprint density at radius 1 is 1.50 bits per heavy atom. The minimum absolute atomic E-state index is 0.245. The molecule has 0 fully saturated rings. The Kier molecular flexibility index (Phi) is 3.81. The van der Waals surface area contributed by atoms with Gasteiger partial charge in [0.2, 0.25) is 5.91 Å². The number of carbonyl (C=O) groups excluding carboxylic acids is 1. The van der Waals surface area contributed by atoms with Crippen LogP contribution in [-0.2, 0) is 4.79 Å². The highest BCUT2D eigenvalue weighted by Gasteiger charge is 2.26. The lowest BCUT2D eigenvalue weighted by molar-refractivity contribution is -0.132. The number of rotatable bonds is 4. The fourth-order valence-corrected chi connectivity index (χ4v) is 1.20. The molecule has 0 aliphatic heterocycles. The molecular formula is C10H12FNO4. The lowest BCUT2D eigenvalue weighted by Crippen LogP contribution is -2.34. The van der Waals surface area contributed by atoms with Crippen LogP contribution in [0, 0.1) is 5.82 Å². The van der Waals surface area contributed by atoms with Crippen LogP contribution in [-0.4, -0.2) is 29.3 Å². The van der Waals surface area contributed by atoms with Crippen molar-refractivity contribution in [2.24, 2.45) is 5.73 Å². The first kappa shape index (κ1) is 12.4. The molecule has 1 aromatic carbocycles. The zero-order chi connectivity index (χ0) is 12.3. The van der Waals surface area contributed by atoms with E-state index in [9.17, 15) is 19.4 Å². The molecule has 2 atom stereocenters. The number of carbonyl (C=O) groups is 1. The standard InChI is InChI=1S/C10H12FNO4/c1-16-5-2-3-7(11)6(4-5)8(13)9(14)10(12)15/h2-4,8-9,13-14H,1H3,(H2,12,15). The maximum absolute atomic E-state index is 13.3. The van der Waals surface area contributed by atoms with Crippen LogP contribution >= 0.6 is 0 Å². The van der Waals surface area contributed by atoms with Crippen molar-refractivity contribution < 1.29 is 24.1 Å². The van der Waals surface area contributed by atoms with Crippen LogP contribution in [0.3, 0.4) is 0 Å². The largest absolute Gasteiger partial charge is 0.497 e. The number of amides is 1. The maximum Gasteiger partial charge on any atom is 0.249 e. The molecule has 0 spiro atoms. The van der Waals surface area contributed by atoms with Gasteiger partial charge in [0.15, 0.2) is 6.10 Å². The molecule has 0 saturated heterocycles. The quantitative estimate of drug-likeness (QED) is 0.661. The second-order valence-electron chi connectivity index (χ2n) is 3.18. The number of benzene rings is 1. The molecule has 0 aliphatic rings. The van der Waals surface area contributed by atoms with Crippen molar-refractivity contribution >= 4 is 5.91 Å². The average Bonchev–Trinajstić information content (AvgIpc) is 2.27. The van der Waals surface area contributed by atoms with Crippen LogP contribution in [0.5, 0.6) is 5.75 Å². The number of methoxy groups -OCH3 is 1. The van der Waals surface area contributed by atoms with Gasteiger partial charge in [-0.2, -0.15) is 0 Å². The van der Waals surface area contributed by atoms with Crippen LogP contribution in [0.2, 0.25) is 0 Å². The summed E-state index contributed by atoms with van der Waals surface area (Å²) in [5.41, 5.74) is 4.55. The highest BCUT2D eigenvalue weighted by molar-refractivity contribution is 5.79. The van der Waals surface area contributed by atoms with Gasteiger partial charge in [-0.25, -0.2) is 4.39 Å². The maximum atomic E-state index is 13.3. The molecule has 0 radical (unpaired) electrons. The lowest BCUT2D eigenvalue weighted by Gasteiger charge is -2.16. The Hall–Kier alpha value is -1.66. The van der Waals surface area contributed by atoms with E-state index < -0.39 is 23.9 Å². The van der Waals surface area contributed by atoms with Gasteiger partial charge in [-0.15, -0.1) is 0 Å². The third-order valence-electron chi connectivity index (χ3n) is 2.11. The monoisotopic (exact) mass is 229 g/mol. The molecule has 1 aromatic rings. The van der Waals surface area contributed by atoms with Gasteiger partial charge in [0.25, 0.3) is 0 Å². The van der Waals surface area contributed by atoms with Crippen molar-refractivity contribution in [3.63, 3.8) is 0 Å². The van der Waals surface area contributed by atoms with Gasteiger partial charge >= 0.3 is 0 Å². The molecule has 0 aromatic heterocycles. The minimum atomic E-state index is -1.86. The fraction of sp³-hybridized carbons (Fsp3) is 0.300. The van der Waals surface area contributed by atoms with Crippen LogP contribution < -0.4 is 10.5 Å². The molecule has 88 valence electrons. The second-order valence-corrected chi connectivity index (χ2v) is 3.18. The van der Waals surface area contributed by atoms with E-state index in [0.29, 0.717) is 5.75 Å². The summed E-state index contributed by atoms with van der Waals surface area (Å²) in [6.07, 6.45) is -3.57. The zero-order valence-corrected chi connectivity index (χ0v) is 8.55. The van der Waals surface area contributed by atoms with Gasteiger partial charge in [0, 0.05) is 5.56 Å². The van der Waals surface area contributed by atoms with E-state index in [0.717, 1.165) is 6.07 Å². The van der Waals surface area contributed by atoms with E-state index >= 15 is 0 Å². The number of nitrogens with two attached hydrogens (primary N) is 1. The molecule has 1 amide bonds. The van der Waals surface area contributed by atoms with Crippen LogP contribution in [0.25, 0.3) is 0 Å². The number of halogens is 1. The molecular weight excluding hydrogens is 217 g/mol. The first-order chi connectivity index (χ1) is 7.47. The summed E-state index contributed by atoms with van der Waals surface area (Å²) in [5.74, 6) is -1.59. The first-order valence-corrected chi connectivity index (χ1v) is 4.46. The van der Waals surface area contributed by atoms with Crippen molar-refractivity contribution in [1.82, 2.24) is 0 Å². The van der Waals surface area contributed by atoms with Crippen molar-refractivity contribution in [3.8, 4) is 5.75 Å². The minimum Gasteiger partial charge on any atom is -0.497 e. The van der Waals surface area contributed by atoms with Crippen molar-refractivity contribution in [1.29, 1.82) is 0 Å². The molecule has 4 N–H and O–H groups in total. The fourth-order valence-electron chi connectivity index (χ4n) is 1.20. The summed E-state index contributed by atoms with van der Waals surface area (Å²) in [5, 5.41) is 18.7. The number of aliphatic hydroxyl groups excluding tert-OH is 2. The Balaban J connectivity index is 3.06.